The van der Waals surface area contributed by atoms with Crippen LogP contribution in [0, 0.1) is 18.6 Å². The lowest BCUT2D eigenvalue weighted by Crippen LogP contribution is -2.25. The number of aryl methyl sites for hydroxylation is 1. The summed E-state index contributed by atoms with van der Waals surface area (Å²) in [5.41, 5.74) is 6.91. The molecule has 2 nitrogen and oxygen atoms in total. The molecule has 2 unspecified atom stereocenters. The molecule has 1 aromatic heterocycles. The zero-order valence-corrected chi connectivity index (χ0v) is 15.6. The normalized spacial score (nSPS) is 21.7. The van der Waals surface area contributed by atoms with Crippen LogP contribution in [0.3, 0.4) is 0 Å². The molecule has 3 heterocycles. The molecule has 0 aliphatic carbocycles. The van der Waals surface area contributed by atoms with Gasteiger partial charge in [0.1, 0.15) is 0 Å². The van der Waals surface area contributed by atoms with Crippen molar-refractivity contribution < 1.29 is 8.78 Å². The summed E-state index contributed by atoms with van der Waals surface area (Å²) in [6, 6.07) is 10.7. The maximum Gasteiger partial charge on any atom is 0.159 e. The predicted octanol–water partition coefficient (Wildman–Crippen LogP) is 5.55. The minimum atomic E-state index is -0.810. The number of fused-ring (bicyclic) bond motifs is 6. The molecule has 2 atom stereocenters. The van der Waals surface area contributed by atoms with Crippen molar-refractivity contribution in [3.05, 3.63) is 70.4 Å². The van der Waals surface area contributed by atoms with Gasteiger partial charge in [-0.15, -0.1) is 0 Å². The molecular formula is C23H22F2N2. The van der Waals surface area contributed by atoms with Gasteiger partial charge in [-0.1, -0.05) is 17.7 Å². The van der Waals surface area contributed by atoms with Gasteiger partial charge < -0.3 is 4.57 Å². The van der Waals surface area contributed by atoms with Gasteiger partial charge in [0.25, 0.3) is 0 Å². The number of rotatable bonds is 2. The highest BCUT2D eigenvalue weighted by atomic mass is 19.2. The zero-order valence-electron chi connectivity index (χ0n) is 15.6. The third-order valence-electron chi connectivity index (χ3n) is 6.06. The standard InChI is InChI=1S/C23H22F2N2/c1-14-3-6-21-18(9-14)23-17-7-8-26(12-17)13-22(23)27(21)11-15(2)16-4-5-19(24)20(25)10-16/h3-6,9-11,17H,7-8,12-13H2,1-2H3. The monoisotopic (exact) mass is 364 g/mol. The largest absolute Gasteiger partial charge is 0.318 e. The van der Waals surface area contributed by atoms with Crippen LogP contribution in [0.1, 0.15) is 41.6 Å². The van der Waals surface area contributed by atoms with Gasteiger partial charge >= 0.3 is 0 Å². The maximum absolute atomic E-state index is 13.7. The molecule has 0 radical (unpaired) electrons. The summed E-state index contributed by atoms with van der Waals surface area (Å²) in [4.78, 5) is 2.51. The molecule has 5 rings (SSSR count). The fraction of sp³-hybridized carbons (Fsp3) is 0.304. The Labute approximate surface area is 157 Å². The molecule has 2 aromatic carbocycles. The van der Waals surface area contributed by atoms with Crippen LogP contribution in [0.15, 0.2) is 36.4 Å². The first-order chi connectivity index (χ1) is 13.0. The van der Waals surface area contributed by atoms with Crippen LogP contribution in [0.4, 0.5) is 8.78 Å². The van der Waals surface area contributed by atoms with E-state index in [2.05, 4.69) is 40.8 Å². The number of nitrogens with zero attached hydrogens (tertiary/aromatic N) is 2. The summed E-state index contributed by atoms with van der Waals surface area (Å²) in [7, 11) is 0. The van der Waals surface area contributed by atoms with Gasteiger partial charge in [0.05, 0.1) is 5.52 Å². The molecule has 2 bridgehead atoms. The second-order valence-corrected chi connectivity index (χ2v) is 7.91. The van der Waals surface area contributed by atoms with E-state index < -0.39 is 11.6 Å². The molecule has 4 heteroatoms. The number of hydrogen-bond acceptors (Lipinski definition) is 1. The molecule has 1 saturated heterocycles. The van der Waals surface area contributed by atoms with Crippen LogP contribution in [0.5, 0.6) is 0 Å². The highest BCUT2D eigenvalue weighted by Gasteiger charge is 2.35. The second-order valence-electron chi connectivity index (χ2n) is 7.91. The Kier molecular flexibility index (Phi) is 3.73. The van der Waals surface area contributed by atoms with Crippen molar-refractivity contribution >= 4 is 22.7 Å². The van der Waals surface area contributed by atoms with Crippen molar-refractivity contribution in [1.29, 1.82) is 0 Å². The van der Waals surface area contributed by atoms with Gasteiger partial charge in [-0.25, -0.2) is 8.78 Å². The summed E-state index contributed by atoms with van der Waals surface area (Å²) in [6.45, 7) is 7.33. The van der Waals surface area contributed by atoms with E-state index in [1.807, 2.05) is 6.92 Å². The van der Waals surface area contributed by atoms with Crippen molar-refractivity contribution in [2.45, 2.75) is 32.7 Å². The fourth-order valence-corrected chi connectivity index (χ4v) is 4.70. The smallest absolute Gasteiger partial charge is 0.159 e. The summed E-state index contributed by atoms with van der Waals surface area (Å²) in [5, 5.41) is 1.34. The van der Waals surface area contributed by atoms with Crippen molar-refractivity contribution in [1.82, 2.24) is 9.47 Å². The van der Waals surface area contributed by atoms with E-state index in [0.717, 1.165) is 25.2 Å². The number of hydrogen-bond donors (Lipinski definition) is 0. The highest BCUT2D eigenvalue weighted by molar-refractivity contribution is 5.91. The number of aromatic nitrogens is 1. The van der Waals surface area contributed by atoms with Gasteiger partial charge in [-0.3, -0.25) is 4.90 Å². The Morgan fingerprint density at radius 3 is 2.78 bits per heavy atom. The Morgan fingerprint density at radius 2 is 1.96 bits per heavy atom. The average molecular weight is 364 g/mol. The summed E-state index contributed by atoms with van der Waals surface area (Å²) >= 11 is 0. The molecule has 1 fully saturated rings. The molecule has 27 heavy (non-hydrogen) atoms. The van der Waals surface area contributed by atoms with Crippen LogP contribution < -0.4 is 0 Å². The molecule has 0 amide bonds. The third-order valence-corrected chi connectivity index (χ3v) is 6.06. The maximum atomic E-state index is 13.7. The zero-order chi connectivity index (χ0) is 18.7. The van der Waals surface area contributed by atoms with Crippen molar-refractivity contribution in [3.8, 4) is 0 Å². The number of allylic oxidation sites excluding steroid dienone is 1. The van der Waals surface area contributed by atoms with E-state index >= 15 is 0 Å². The first kappa shape index (κ1) is 16.7. The molecular weight excluding hydrogens is 342 g/mol. The van der Waals surface area contributed by atoms with E-state index in [4.69, 9.17) is 0 Å². The average Bonchev–Trinajstić information content (AvgIpc) is 3.16. The molecule has 2 aliphatic rings. The van der Waals surface area contributed by atoms with E-state index in [1.165, 1.54) is 46.3 Å². The lowest BCUT2D eigenvalue weighted by molar-refractivity contribution is 0.308. The van der Waals surface area contributed by atoms with E-state index in [-0.39, 0.29) is 0 Å². The molecule has 2 aliphatic heterocycles. The summed E-state index contributed by atoms with van der Waals surface area (Å²) < 4.78 is 29.3. The first-order valence-electron chi connectivity index (χ1n) is 9.51. The number of benzene rings is 2. The van der Waals surface area contributed by atoms with Gasteiger partial charge in [-0.05, 0) is 67.8 Å². The predicted molar refractivity (Wildman–Crippen MR) is 106 cm³/mol. The van der Waals surface area contributed by atoms with E-state index in [9.17, 15) is 8.78 Å². The lowest BCUT2D eigenvalue weighted by atomic mass is 9.93. The van der Waals surface area contributed by atoms with Crippen molar-refractivity contribution in [3.63, 3.8) is 0 Å². The SMILES string of the molecule is CC(=Cn1c2c(c3cc(C)ccc31)C1CCN(C2)C1)c1ccc(F)c(F)c1. The van der Waals surface area contributed by atoms with Crippen LogP contribution in [0.25, 0.3) is 22.7 Å². The van der Waals surface area contributed by atoms with Crippen molar-refractivity contribution in [2.24, 2.45) is 0 Å². The van der Waals surface area contributed by atoms with Gasteiger partial charge in [0.2, 0.25) is 0 Å². The van der Waals surface area contributed by atoms with Crippen LogP contribution in [-0.2, 0) is 6.54 Å². The minimum absolute atomic E-state index is 0.594. The second kappa shape index (κ2) is 6.03. The van der Waals surface area contributed by atoms with Crippen molar-refractivity contribution in [2.75, 3.05) is 13.1 Å². The van der Waals surface area contributed by atoms with Gasteiger partial charge in [0.15, 0.2) is 11.6 Å². The molecule has 0 spiro atoms. The topological polar surface area (TPSA) is 8.17 Å². The Hall–Kier alpha value is -2.46. The number of halogens is 2. The quantitative estimate of drug-likeness (QED) is 0.579. The summed E-state index contributed by atoms with van der Waals surface area (Å²) in [6.07, 6.45) is 3.29. The Bertz CT molecular complexity index is 1090. The molecule has 0 saturated carbocycles. The molecule has 138 valence electrons. The summed E-state index contributed by atoms with van der Waals surface area (Å²) in [5.74, 6) is -1.02. The van der Waals surface area contributed by atoms with E-state index in [1.54, 1.807) is 6.07 Å². The van der Waals surface area contributed by atoms with E-state index in [0.29, 0.717) is 11.5 Å². The van der Waals surface area contributed by atoms with Gasteiger partial charge in [-0.2, -0.15) is 0 Å². The minimum Gasteiger partial charge on any atom is -0.318 e. The van der Waals surface area contributed by atoms with Crippen LogP contribution in [0.2, 0.25) is 0 Å². The van der Waals surface area contributed by atoms with Gasteiger partial charge in [0, 0.05) is 36.3 Å². The highest BCUT2D eigenvalue weighted by Crippen LogP contribution is 2.42. The third kappa shape index (κ3) is 2.62. The Balaban J connectivity index is 1.71. The lowest BCUT2D eigenvalue weighted by Gasteiger charge is -2.24. The van der Waals surface area contributed by atoms with Crippen LogP contribution in [-0.4, -0.2) is 22.6 Å². The first-order valence-corrected chi connectivity index (χ1v) is 9.51. The Morgan fingerprint density at radius 1 is 1.11 bits per heavy atom. The molecule has 0 N–H and O–H groups in total. The van der Waals surface area contributed by atoms with Crippen LogP contribution >= 0.6 is 0 Å². The fourth-order valence-electron chi connectivity index (χ4n) is 4.70. The molecule has 3 aromatic rings.